The smallest absolute Gasteiger partial charge is 0.387 e. The Morgan fingerprint density at radius 3 is 2.78 bits per heavy atom. The zero-order valence-electron chi connectivity index (χ0n) is 15.2. The van der Waals surface area contributed by atoms with Crippen LogP contribution < -0.4 is 19.7 Å². The molecule has 1 atom stereocenters. The molecule has 0 unspecified atom stereocenters. The highest BCUT2D eigenvalue weighted by Gasteiger charge is 2.27. The van der Waals surface area contributed by atoms with Gasteiger partial charge in [-0.3, -0.25) is 4.79 Å². The van der Waals surface area contributed by atoms with Crippen LogP contribution in [-0.4, -0.2) is 32.2 Å². The average Bonchev–Trinajstić information content (AvgIpc) is 2.65. The van der Waals surface area contributed by atoms with E-state index in [2.05, 4.69) is 10.1 Å². The van der Waals surface area contributed by atoms with E-state index >= 15 is 0 Å². The minimum absolute atomic E-state index is 0.0408. The van der Waals surface area contributed by atoms with Gasteiger partial charge in [0, 0.05) is 23.5 Å². The van der Waals surface area contributed by atoms with Crippen LogP contribution in [0.25, 0.3) is 0 Å². The molecular weight excluding hydrogens is 354 g/mol. The van der Waals surface area contributed by atoms with E-state index in [4.69, 9.17) is 4.74 Å². The number of nitrogens with one attached hydrogen (secondary N) is 1. The van der Waals surface area contributed by atoms with E-state index < -0.39 is 6.61 Å². The number of para-hydroxylation sites is 1. The molecule has 1 aliphatic heterocycles. The van der Waals surface area contributed by atoms with Crippen molar-refractivity contribution in [2.45, 2.75) is 32.4 Å². The van der Waals surface area contributed by atoms with Crippen molar-refractivity contribution in [3.8, 4) is 11.5 Å². The molecule has 0 aromatic heterocycles. The second-order valence-corrected chi connectivity index (χ2v) is 6.38. The summed E-state index contributed by atoms with van der Waals surface area (Å²) in [5.41, 5.74) is 2.58. The van der Waals surface area contributed by atoms with Gasteiger partial charge >= 0.3 is 6.61 Å². The van der Waals surface area contributed by atoms with Gasteiger partial charge in [-0.2, -0.15) is 8.78 Å². The molecule has 0 aliphatic carbocycles. The van der Waals surface area contributed by atoms with Crippen molar-refractivity contribution in [1.82, 2.24) is 0 Å². The molecule has 0 saturated carbocycles. The highest BCUT2D eigenvalue weighted by molar-refractivity contribution is 5.97. The van der Waals surface area contributed by atoms with Crippen molar-refractivity contribution < 1.29 is 23.0 Å². The Morgan fingerprint density at radius 1 is 1.26 bits per heavy atom. The Hall–Kier alpha value is -2.83. The van der Waals surface area contributed by atoms with E-state index in [1.54, 1.807) is 11.0 Å². The lowest BCUT2D eigenvalue weighted by Gasteiger charge is -2.35. The molecule has 144 valence electrons. The number of ether oxygens (including phenoxy) is 2. The number of anilines is 2. The normalized spacial score (nSPS) is 16.0. The number of fused-ring (bicyclic) bond motifs is 1. The Bertz CT molecular complexity index is 814. The largest absolute Gasteiger partial charge is 0.493 e. The topological polar surface area (TPSA) is 50.8 Å². The van der Waals surface area contributed by atoms with Gasteiger partial charge in [-0.15, -0.1) is 0 Å². The summed E-state index contributed by atoms with van der Waals surface area (Å²) in [6.07, 6.45) is 1.85. The Kier molecular flexibility index (Phi) is 5.78. The fourth-order valence-electron chi connectivity index (χ4n) is 3.31. The van der Waals surface area contributed by atoms with Gasteiger partial charge < -0.3 is 19.7 Å². The molecule has 2 aromatic rings. The molecule has 5 nitrogen and oxygen atoms in total. The third kappa shape index (κ3) is 4.30. The summed E-state index contributed by atoms with van der Waals surface area (Å²) in [4.78, 5) is 14.6. The highest BCUT2D eigenvalue weighted by Crippen LogP contribution is 2.32. The van der Waals surface area contributed by atoms with E-state index in [0.717, 1.165) is 24.1 Å². The first kappa shape index (κ1) is 18.9. The number of nitrogens with zero attached hydrogens (tertiary/aromatic N) is 1. The lowest BCUT2D eigenvalue weighted by atomic mass is 9.96. The SMILES string of the molecule is COc1ccc(NCC(=O)N2c3ccccc3CC[C@H]2C)cc1OC(F)F. The van der Waals surface area contributed by atoms with Crippen LogP contribution in [0.2, 0.25) is 0 Å². The number of halogens is 2. The minimum atomic E-state index is -2.96. The summed E-state index contributed by atoms with van der Waals surface area (Å²) < 4.78 is 34.6. The van der Waals surface area contributed by atoms with Crippen molar-refractivity contribution in [2.24, 2.45) is 0 Å². The lowest BCUT2D eigenvalue weighted by molar-refractivity contribution is -0.117. The van der Waals surface area contributed by atoms with Crippen LogP contribution in [0.5, 0.6) is 11.5 Å². The molecule has 0 bridgehead atoms. The number of rotatable bonds is 6. The number of hydrogen-bond donors (Lipinski definition) is 1. The van der Waals surface area contributed by atoms with Gasteiger partial charge in [0.15, 0.2) is 11.5 Å². The maximum atomic E-state index is 12.8. The number of hydrogen-bond acceptors (Lipinski definition) is 4. The predicted molar refractivity (Wildman–Crippen MR) is 99.8 cm³/mol. The molecule has 1 aliphatic rings. The monoisotopic (exact) mass is 376 g/mol. The summed E-state index contributed by atoms with van der Waals surface area (Å²) in [5, 5.41) is 2.99. The zero-order chi connectivity index (χ0) is 19.4. The van der Waals surface area contributed by atoms with Crippen molar-refractivity contribution in [2.75, 3.05) is 23.9 Å². The first-order valence-corrected chi connectivity index (χ1v) is 8.76. The fraction of sp³-hybridized carbons (Fsp3) is 0.350. The third-order valence-electron chi connectivity index (χ3n) is 4.62. The van der Waals surface area contributed by atoms with Crippen LogP contribution >= 0.6 is 0 Å². The summed E-state index contributed by atoms with van der Waals surface area (Å²) in [6, 6.07) is 12.5. The molecule has 3 rings (SSSR count). The average molecular weight is 376 g/mol. The van der Waals surface area contributed by atoms with Crippen LogP contribution in [0.3, 0.4) is 0 Å². The molecule has 7 heteroatoms. The lowest BCUT2D eigenvalue weighted by Crippen LogP contribution is -2.44. The van der Waals surface area contributed by atoms with Gasteiger partial charge in [-0.1, -0.05) is 18.2 Å². The molecule has 0 spiro atoms. The molecule has 27 heavy (non-hydrogen) atoms. The fourth-order valence-corrected chi connectivity index (χ4v) is 3.31. The van der Waals surface area contributed by atoms with Crippen LogP contribution in [-0.2, 0) is 11.2 Å². The van der Waals surface area contributed by atoms with Gasteiger partial charge in [-0.05, 0) is 43.5 Å². The second kappa shape index (κ2) is 8.24. The number of benzene rings is 2. The number of aryl methyl sites for hydroxylation is 1. The number of alkyl halides is 2. The van der Waals surface area contributed by atoms with Gasteiger partial charge in [0.2, 0.25) is 5.91 Å². The maximum absolute atomic E-state index is 12.8. The van der Waals surface area contributed by atoms with Crippen LogP contribution in [0, 0.1) is 0 Å². The van der Waals surface area contributed by atoms with Gasteiger partial charge in [0.25, 0.3) is 0 Å². The highest BCUT2D eigenvalue weighted by atomic mass is 19.3. The number of carbonyl (C=O) groups is 1. The number of carbonyl (C=O) groups excluding carboxylic acids is 1. The Labute approximate surface area is 156 Å². The quantitative estimate of drug-likeness (QED) is 0.826. The van der Waals surface area contributed by atoms with Crippen molar-refractivity contribution >= 4 is 17.3 Å². The Balaban J connectivity index is 1.72. The van der Waals surface area contributed by atoms with Gasteiger partial charge in [-0.25, -0.2) is 0 Å². The predicted octanol–water partition coefficient (Wildman–Crippen LogP) is 4.08. The molecular formula is C20H22F2N2O3. The Morgan fingerprint density at radius 2 is 2.04 bits per heavy atom. The molecule has 0 fully saturated rings. The molecule has 0 radical (unpaired) electrons. The van der Waals surface area contributed by atoms with E-state index in [-0.39, 0.29) is 30.0 Å². The third-order valence-corrected chi connectivity index (χ3v) is 4.62. The molecule has 0 saturated heterocycles. The maximum Gasteiger partial charge on any atom is 0.387 e. The first-order valence-electron chi connectivity index (χ1n) is 8.76. The number of methoxy groups -OCH3 is 1. The van der Waals surface area contributed by atoms with Crippen molar-refractivity contribution in [3.05, 3.63) is 48.0 Å². The van der Waals surface area contributed by atoms with Crippen molar-refractivity contribution in [3.63, 3.8) is 0 Å². The van der Waals surface area contributed by atoms with E-state index in [1.165, 1.54) is 19.2 Å². The standard InChI is InChI=1S/C20H22F2N2O3/c1-13-7-8-14-5-3-4-6-16(14)24(13)19(25)12-23-15-9-10-17(26-2)18(11-15)27-20(21)22/h3-6,9-11,13,20,23H,7-8,12H2,1-2H3/t13-/m1/s1. The minimum Gasteiger partial charge on any atom is -0.493 e. The van der Waals surface area contributed by atoms with E-state index in [9.17, 15) is 13.6 Å². The summed E-state index contributed by atoms with van der Waals surface area (Å²) in [5.74, 6) is 0.0363. The van der Waals surface area contributed by atoms with Gasteiger partial charge in [0.1, 0.15) is 0 Å². The zero-order valence-corrected chi connectivity index (χ0v) is 15.2. The van der Waals surface area contributed by atoms with Gasteiger partial charge in [0.05, 0.1) is 13.7 Å². The molecule has 1 N–H and O–H groups in total. The summed E-state index contributed by atoms with van der Waals surface area (Å²) >= 11 is 0. The van der Waals surface area contributed by atoms with Crippen molar-refractivity contribution in [1.29, 1.82) is 0 Å². The molecule has 2 aromatic carbocycles. The number of amides is 1. The summed E-state index contributed by atoms with van der Waals surface area (Å²) in [7, 11) is 1.37. The van der Waals surface area contributed by atoms with Crippen LogP contribution in [0.1, 0.15) is 18.9 Å². The van der Waals surface area contributed by atoms with E-state index in [0.29, 0.717) is 5.69 Å². The molecule has 1 amide bonds. The van der Waals surface area contributed by atoms with E-state index in [1.807, 2.05) is 31.2 Å². The summed E-state index contributed by atoms with van der Waals surface area (Å²) in [6.45, 7) is -0.893. The second-order valence-electron chi connectivity index (χ2n) is 6.38. The van der Waals surface area contributed by atoms with Crippen LogP contribution in [0.15, 0.2) is 42.5 Å². The first-order chi connectivity index (χ1) is 13.0. The molecule has 1 heterocycles. The van der Waals surface area contributed by atoms with Crippen LogP contribution in [0.4, 0.5) is 20.2 Å².